The number of nitrogens with one attached hydrogen (secondary N) is 2. The van der Waals surface area contributed by atoms with Gasteiger partial charge in [0.15, 0.2) is 17.5 Å². The second-order valence-corrected chi connectivity index (χ2v) is 7.03. The molecule has 1 fully saturated rings. The van der Waals surface area contributed by atoms with Gasteiger partial charge in [0.1, 0.15) is 0 Å². The van der Waals surface area contributed by atoms with Crippen molar-refractivity contribution in [3.63, 3.8) is 0 Å². The second kappa shape index (κ2) is 12.4. The van der Waals surface area contributed by atoms with E-state index in [0.717, 1.165) is 24.5 Å². The highest BCUT2D eigenvalue weighted by atomic mass is 127. The average molecular weight is 543 g/mol. The number of nitrogens with zero attached hydrogens (tertiary/aromatic N) is 3. The number of aliphatic imine (C=N–C) groups is 1. The first-order valence-electron chi connectivity index (χ1n) is 10.3. The highest BCUT2D eigenvalue weighted by Crippen LogP contribution is 2.10. The van der Waals surface area contributed by atoms with Crippen LogP contribution in [-0.2, 0) is 0 Å². The summed E-state index contributed by atoms with van der Waals surface area (Å²) in [5.41, 5.74) is 0.824. The molecule has 170 valence electrons. The Morgan fingerprint density at radius 1 is 1.06 bits per heavy atom. The van der Waals surface area contributed by atoms with E-state index < -0.39 is 0 Å². The lowest BCUT2D eigenvalue weighted by Crippen LogP contribution is -2.53. The van der Waals surface area contributed by atoms with E-state index in [9.17, 15) is 9.59 Å². The van der Waals surface area contributed by atoms with Crippen molar-refractivity contribution in [3.8, 4) is 0 Å². The Bertz CT molecular complexity index is 857. The normalized spacial score (nSPS) is 14.2. The molecule has 0 atom stereocenters. The largest absolute Gasteiger partial charge is 0.459 e. The zero-order valence-electron chi connectivity index (χ0n) is 17.9. The average Bonchev–Trinajstić information content (AvgIpc) is 3.44. The molecule has 0 radical (unpaired) electrons. The standard InChI is InChI=1S/C21H29N5O4.HI/c1-3-22-21(24-9-5-8-23-19(27)18-16(2)7-15-30-18)26-12-10-25(11-13-26)20(28)17-6-4-14-29-17;/h4,6-7,14-15H,3,5,8-13H2,1-2H3,(H,22,24)(H,23,27);1H. The summed E-state index contributed by atoms with van der Waals surface area (Å²) in [5.74, 6) is 1.27. The van der Waals surface area contributed by atoms with E-state index >= 15 is 0 Å². The maximum absolute atomic E-state index is 12.4. The van der Waals surface area contributed by atoms with E-state index in [1.807, 2.05) is 13.8 Å². The molecule has 2 amide bonds. The van der Waals surface area contributed by atoms with Gasteiger partial charge in [-0.05, 0) is 38.5 Å². The summed E-state index contributed by atoms with van der Waals surface area (Å²) >= 11 is 0. The van der Waals surface area contributed by atoms with Crippen LogP contribution in [0.2, 0.25) is 0 Å². The van der Waals surface area contributed by atoms with Gasteiger partial charge < -0.3 is 29.3 Å². The second-order valence-electron chi connectivity index (χ2n) is 7.03. The number of aryl methyl sites for hydroxylation is 1. The smallest absolute Gasteiger partial charge is 0.289 e. The number of hydrogen-bond acceptors (Lipinski definition) is 5. The van der Waals surface area contributed by atoms with Crippen molar-refractivity contribution in [2.75, 3.05) is 45.8 Å². The van der Waals surface area contributed by atoms with Crippen LogP contribution in [0.15, 0.2) is 44.6 Å². The summed E-state index contributed by atoms with van der Waals surface area (Å²) in [5, 5.41) is 6.16. The zero-order valence-corrected chi connectivity index (χ0v) is 20.3. The molecule has 10 heteroatoms. The maximum atomic E-state index is 12.4. The summed E-state index contributed by atoms with van der Waals surface area (Å²) in [6.45, 7) is 8.37. The van der Waals surface area contributed by atoms with Crippen LogP contribution in [0.25, 0.3) is 0 Å². The first-order valence-corrected chi connectivity index (χ1v) is 10.3. The Morgan fingerprint density at radius 2 is 1.81 bits per heavy atom. The summed E-state index contributed by atoms with van der Waals surface area (Å²) < 4.78 is 10.4. The van der Waals surface area contributed by atoms with Crippen molar-refractivity contribution < 1.29 is 18.4 Å². The van der Waals surface area contributed by atoms with E-state index in [1.165, 1.54) is 12.5 Å². The fourth-order valence-electron chi connectivity index (χ4n) is 3.25. The number of rotatable bonds is 7. The van der Waals surface area contributed by atoms with Crippen LogP contribution >= 0.6 is 24.0 Å². The van der Waals surface area contributed by atoms with Crippen LogP contribution < -0.4 is 10.6 Å². The van der Waals surface area contributed by atoms with Crippen molar-refractivity contribution in [1.29, 1.82) is 0 Å². The Kier molecular flexibility index (Phi) is 9.89. The Morgan fingerprint density at radius 3 is 2.42 bits per heavy atom. The minimum Gasteiger partial charge on any atom is -0.459 e. The highest BCUT2D eigenvalue weighted by molar-refractivity contribution is 14.0. The van der Waals surface area contributed by atoms with E-state index in [1.54, 1.807) is 23.1 Å². The van der Waals surface area contributed by atoms with Gasteiger partial charge in [0.2, 0.25) is 0 Å². The SMILES string of the molecule is CCNC(=NCCCNC(=O)c1occc1C)N1CCN(C(=O)c2ccco2)CC1.I. The minimum atomic E-state index is -0.203. The van der Waals surface area contributed by atoms with E-state index in [4.69, 9.17) is 8.83 Å². The lowest BCUT2D eigenvalue weighted by molar-refractivity contribution is 0.0657. The molecule has 0 aromatic carbocycles. The first kappa shape index (κ1) is 24.8. The molecule has 2 N–H and O–H groups in total. The van der Waals surface area contributed by atoms with Gasteiger partial charge in [-0.3, -0.25) is 14.6 Å². The predicted molar refractivity (Wildman–Crippen MR) is 128 cm³/mol. The molecule has 0 unspecified atom stereocenters. The molecule has 1 aliphatic heterocycles. The third-order valence-electron chi connectivity index (χ3n) is 4.88. The molecule has 0 bridgehead atoms. The molecular weight excluding hydrogens is 513 g/mol. The van der Waals surface area contributed by atoms with Crippen molar-refractivity contribution in [3.05, 3.63) is 47.8 Å². The van der Waals surface area contributed by atoms with E-state index in [-0.39, 0.29) is 35.8 Å². The summed E-state index contributed by atoms with van der Waals surface area (Å²) in [6, 6.07) is 5.17. The van der Waals surface area contributed by atoms with Crippen molar-refractivity contribution in [2.24, 2.45) is 4.99 Å². The molecule has 3 heterocycles. The number of guanidine groups is 1. The van der Waals surface area contributed by atoms with Crippen LogP contribution in [0.4, 0.5) is 0 Å². The molecular formula is C21H30IN5O4. The van der Waals surface area contributed by atoms with Crippen LogP contribution in [0.1, 0.15) is 40.0 Å². The molecule has 2 aromatic rings. The Labute approximate surface area is 199 Å². The number of furan rings is 2. The van der Waals surface area contributed by atoms with Gasteiger partial charge in [0.05, 0.1) is 12.5 Å². The molecule has 9 nitrogen and oxygen atoms in total. The van der Waals surface area contributed by atoms with Gasteiger partial charge in [0, 0.05) is 51.4 Å². The van der Waals surface area contributed by atoms with Gasteiger partial charge >= 0.3 is 0 Å². The van der Waals surface area contributed by atoms with Gasteiger partial charge in [0.25, 0.3) is 11.8 Å². The lowest BCUT2D eigenvalue weighted by atomic mass is 10.2. The number of hydrogen-bond donors (Lipinski definition) is 2. The number of halogens is 1. The highest BCUT2D eigenvalue weighted by Gasteiger charge is 2.25. The van der Waals surface area contributed by atoms with Crippen molar-refractivity contribution in [1.82, 2.24) is 20.4 Å². The quantitative estimate of drug-likeness (QED) is 0.241. The lowest BCUT2D eigenvalue weighted by Gasteiger charge is -2.36. The number of carbonyl (C=O) groups excluding carboxylic acids is 2. The fourth-order valence-corrected chi connectivity index (χ4v) is 3.25. The molecule has 1 saturated heterocycles. The van der Waals surface area contributed by atoms with Gasteiger partial charge in [-0.2, -0.15) is 0 Å². The molecule has 0 spiro atoms. The van der Waals surface area contributed by atoms with Crippen LogP contribution in [0.3, 0.4) is 0 Å². The monoisotopic (exact) mass is 543 g/mol. The topological polar surface area (TPSA) is 103 Å². The van der Waals surface area contributed by atoms with Gasteiger partial charge in [-0.25, -0.2) is 0 Å². The van der Waals surface area contributed by atoms with Crippen molar-refractivity contribution >= 4 is 41.8 Å². The zero-order chi connectivity index (χ0) is 21.3. The van der Waals surface area contributed by atoms with Crippen molar-refractivity contribution in [2.45, 2.75) is 20.3 Å². The number of piperazine rings is 1. The number of amides is 2. The molecule has 1 aliphatic rings. The minimum absolute atomic E-state index is 0. The fraction of sp³-hybridized carbons (Fsp3) is 0.476. The molecule has 0 aliphatic carbocycles. The van der Waals surface area contributed by atoms with Crippen LogP contribution in [-0.4, -0.2) is 73.4 Å². The summed E-state index contributed by atoms with van der Waals surface area (Å²) in [7, 11) is 0. The predicted octanol–water partition coefficient (Wildman–Crippen LogP) is 2.34. The molecule has 2 aromatic heterocycles. The van der Waals surface area contributed by atoms with Gasteiger partial charge in [-0.15, -0.1) is 24.0 Å². The first-order chi connectivity index (χ1) is 14.6. The number of carbonyl (C=O) groups is 2. The third kappa shape index (κ3) is 6.74. The Hall–Kier alpha value is -2.50. The summed E-state index contributed by atoms with van der Waals surface area (Å²) in [6.07, 6.45) is 3.74. The van der Waals surface area contributed by atoms with E-state index in [2.05, 4.69) is 20.5 Å². The molecule has 3 rings (SSSR count). The molecule has 0 saturated carbocycles. The Balaban J connectivity index is 0.00000341. The van der Waals surface area contributed by atoms with Crippen LogP contribution in [0, 0.1) is 6.92 Å². The van der Waals surface area contributed by atoms with Crippen LogP contribution in [0.5, 0.6) is 0 Å². The third-order valence-corrected chi connectivity index (χ3v) is 4.88. The van der Waals surface area contributed by atoms with E-state index in [0.29, 0.717) is 50.8 Å². The van der Waals surface area contributed by atoms with Gasteiger partial charge in [-0.1, -0.05) is 0 Å². The summed E-state index contributed by atoms with van der Waals surface area (Å²) in [4.78, 5) is 33.1. The maximum Gasteiger partial charge on any atom is 0.289 e. The molecule has 31 heavy (non-hydrogen) atoms.